The van der Waals surface area contributed by atoms with Crippen molar-refractivity contribution < 1.29 is 4.42 Å². The van der Waals surface area contributed by atoms with Gasteiger partial charge in [0.2, 0.25) is 0 Å². The molecule has 0 unspecified atom stereocenters. The molecule has 0 radical (unpaired) electrons. The van der Waals surface area contributed by atoms with Crippen LogP contribution < -0.4 is 5.32 Å². The highest BCUT2D eigenvalue weighted by atomic mass is 16.3. The fourth-order valence-electron chi connectivity index (χ4n) is 2.14. The first-order valence-electron chi connectivity index (χ1n) is 5.13. The normalized spacial score (nSPS) is 18.9. The van der Waals surface area contributed by atoms with E-state index in [9.17, 15) is 0 Å². The molecule has 1 aliphatic heterocycles. The summed E-state index contributed by atoms with van der Waals surface area (Å²) in [5.41, 5.74) is 2.76. The molecule has 0 aromatic carbocycles. The van der Waals surface area contributed by atoms with Gasteiger partial charge in [-0.05, 0) is 25.0 Å². The van der Waals surface area contributed by atoms with Gasteiger partial charge in [-0.2, -0.15) is 0 Å². The lowest BCUT2D eigenvalue weighted by Crippen LogP contribution is -2.12. The number of furan rings is 1. The highest BCUT2D eigenvalue weighted by Crippen LogP contribution is 2.30. The van der Waals surface area contributed by atoms with Gasteiger partial charge in [0.1, 0.15) is 11.5 Å². The summed E-state index contributed by atoms with van der Waals surface area (Å²) in [6, 6.07) is 0. The van der Waals surface area contributed by atoms with Crippen molar-refractivity contribution in [1.29, 1.82) is 0 Å². The van der Waals surface area contributed by atoms with Crippen LogP contribution in [0.25, 0.3) is 12.2 Å². The number of hydrogen-bond donors (Lipinski definition) is 1. The number of allylic oxidation sites excluding steroid dienone is 1. The topological polar surface area (TPSA) is 25.2 Å². The summed E-state index contributed by atoms with van der Waals surface area (Å²) in [7, 11) is 0. The Hall–Kier alpha value is -1.28. The lowest BCUT2D eigenvalue weighted by atomic mass is 9.99. The average molecular weight is 187 g/mol. The SMILES string of the molecule is C1=Cc2oc3c(c2CC1)CNCC=C3. The molecule has 0 fully saturated rings. The van der Waals surface area contributed by atoms with Crippen LogP contribution in [0.3, 0.4) is 0 Å². The third-order valence-corrected chi connectivity index (χ3v) is 2.84. The van der Waals surface area contributed by atoms with Crippen molar-refractivity contribution in [1.82, 2.24) is 5.32 Å². The lowest BCUT2D eigenvalue weighted by Gasteiger charge is -2.06. The third kappa shape index (κ3) is 1.15. The van der Waals surface area contributed by atoms with Crippen molar-refractivity contribution in [2.75, 3.05) is 6.54 Å². The largest absolute Gasteiger partial charge is 0.457 e. The maximum Gasteiger partial charge on any atom is 0.132 e. The summed E-state index contributed by atoms with van der Waals surface area (Å²) in [5.74, 6) is 2.11. The molecule has 1 aromatic heterocycles. The van der Waals surface area contributed by atoms with E-state index in [1.807, 2.05) is 0 Å². The van der Waals surface area contributed by atoms with Crippen molar-refractivity contribution >= 4 is 12.2 Å². The summed E-state index contributed by atoms with van der Waals surface area (Å²) in [6.07, 6.45) is 10.7. The van der Waals surface area contributed by atoms with Gasteiger partial charge in [0, 0.05) is 24.2 Å². The Morgan fingerprint density at radius 1 is 1.07 bits per heavy atom. The first-order valence-corrected chi connectivity index (χ1v) is 5.13. The minimum atomic E-state index is 0.939. The number of rotatable bonds is 0. The molecule has 3 rings (SSSR count). The minimum absolute atomic E-state index is 0.939. The molecule has 0 bridgehead atoms. The smallest absolute Gasteiger partial charge is 0.132 e. The minimum Gasteiger partial charge on any atom is -0.457 e. The van der Waals surface area contributed by atoms with Gasteiger partial charge in [0.15, 0.2) is 0 Å². The standard InChI is InChI=1S/C12H13NO/c1-2-5-11-9(4-1)10-8-13-7-3-6-12(10)14-11/h2-3,5-6,13H,1,4,7-8H2. The van der Waals surface area contributed by atoms with Crippen LogP contribution in [-0.4, -0.2) is 6.54 Å². The molecule has 0 saturated heterocycles. The molecule has 2 heteroatoms. The van der Waals surface area contributed by atoms with Gasteiger partial charge < -0.3 is 9.73 Å². The molecule has 0 amide bonds. The average Bonchev–Trinajstić information content (AvgIpc) is 2.42. The molecule has 2 nitrogen and oxygen atoms in total. The van der Waals surface area contributed by atoms with E-state index in [0.29, 0.717) is 0 Å². The Bertz CT molecular complexity index is 412. The Kier molecular flexibility index (Phi) is 1.81. The first kappa shape index (κ1) is 8.06. The zero-order valence-corrected chi connectivity index (χ0v) is 8.05. The van der Waals surface area contributed by atoms with E-state index in [1.165, 1.54) is 11.1 Å². The van der Waals surface area contributed by atoms with Crippen LogP contribution in [0.15, 0.2) is 16.6 Å². The maximum atomic E-state index is 5.79. The zero-order chi connectivity index (χ0) is 9.38. The molecule has 1 aliphatic carbocycles. The van der Waals surface area contributed by atoms with Crippen LogP contribution in [0.5, 0.6) is 0 Å². The predicted octanol–water partition coefficient (Wildman–Crippen LogP) is 2.36. The third-order valence-electron chi connectivity index (χ3n) is 2.84. The second-order valence-electron chi connectivity index (χ2n) is 3.76. The van der Waals surface area contributed by atoms with Crippen LogP contribution in [0.1, 0.15) is 29.1 Å². The van der Waals surface area contributed by atoms with Crippen molar-refractivity contribution in [3.8, 4) is 0 Å². The van der Waals surface area contributed by atoms with Crippen molar-refractivity contribution in [2.24, 2.45) is 0 Å². The molecule has 1 aromatic rings. The second kappa shape index (κ2) is 3.14. The summed E-state index contributed by atoms with van der Waals surface area (Å²) >= 11 is 0. The molecule has 2 heterocycles. The van der Waals surface area contributed by atoms with E-state index < -0.39 is 0 Å². The van der Waals surface area contributed by atoms with Crippen LogP contribution in [0, 0.1) is 0 Å². The molecule has 0 spiro atoms. The maximum absolute atomic E-state index is 5.79. The van der Waals surface area contributed by atoms with Crippen LogP contribution in [0.4, 0.5) is 0 Å². The predicted molar refractivity (Wildman–Crippen MR) is 56.8 cm³/mol. The Labute approximate surface area is 83.3 Å². The Balaban J connectivity index is 2.16. The lowest BCUT2D eigenvalue weighted by molar-refractivity contribution is 0.539. The van der Waals surface area contributed by atoms with E-state index >= 15 is 0 Å². The molecule has 72 valence electrons. The van der Waals surface area contributed by atoms with Gasteiger partial charge in [-0.1, -0.05) is 12.2 Å². The Morgan fingerprint density at radius 2 is 1.93 bits per heavy atom. The van der Waals surface area contributed by atoms with Crippen LogP contribution in [-0.2, 0) is 13.0 Å². The molecule has 2 aliphatic rings. The van der Waals surface area contributed by atoms with Gasteiger partial charge in [-0.15, -0.1) is 0 Å². The van der Waals surface area contributed by atoms with Crippen molar-refractivity contribution in [3.63, 3.8) is 0 Å². The first-order chi connectivity index (χ1) is 6.95. The molecule has 0 saturated carbocycles. The monoisotopic (exact) mass is 187 g/mol. The van der Waals surface area contributed by atoms with E-state index in [4.69, 9.17) is 4.42 Å². The van der Waals surface area contributed by atoms with E-state index in [0.717, 1.165) is 37.5 Å². The van der Waals surface area contributed by atoms with Gasteiger partial charge in [0.25, 0.3) is 0 Å². The molecule has 14 heavy (non-hydrogen) atoms. The molecule has 0 atom stereocenters. The summed E-state index contributed by atoms with van der Waals surface area (Å²) in [4.78, 5) is 0. The van der Waals surface area contributed by atoms with Crippen molar-refractivity contribution in [2.45, 2.75) is 19.4 Å². The fourth-order valence-corrected chi connectivity index (χ4v) is 2.14. The quantitative estimate of drug-likeness (QED) is 0.674. The highest BCUT2D eigenvalue weighted by molar-refractivity contribution is 5.61. The second-order valence-corrected chi connectivity index (χ2v) is 3.76. The summed E-state index contributed by atoms with van der Waals surface area (Å²) in [6.45, 7) is 1.88. The molecular formula is C12H13NO. The van der Waals surface area contributed by atoms with Crippen LogP contribution >= 0.6 is 0 Å². The summed E-state index contributed by atoms with van der Waals surface area (Å²) < 4.78 is 5.79. The fraction of sp³-hybridized carbons (Fsp3) is 0.333. The number of hydrogen-bond acceptors (Lipinski definition) is 2. The number of nitrogens with one attached hydrogen (secondary N) is 1. The zero-order valence-electron chi connectivity index (χ0n) is 8.05. The highest BCUT2D eigenvalue weighted by Gasteiger charge is 2.19. The van der Waals surface area contributed by atoms with E-state index in [1.54, 1.807) is 0 Å². The molecule has 1 N–H and O–H groups in total. The van der Waals surface area contributed by atoms with Gasteiger partial charge in [-0.3, -0.25) is 0 Å². The van der Waals surface area contributed by atoms with Crippen molar-refractivity contribution in [3.05, 3.63) is 34.8 Å². The van der Waals surface area contributed by atoms with Crippen LogP contribution in [0.2, 0.25) is 0 Å². The molecular weight excluding hydrogens is 174 g/mol. The van der Waals surface area contributed by atoms with E-state index in [2.05, 4.69) is 29.6 Å². The van der Waals surface area contributed by atoms with E-state index in [-0.39, 0.29) is 0 Å². The van der Waals surface area contributed by atoms with Gasteiger partial charge >= 0.3 is 0 Å². The van der Waals surface area contributed by atoms with Gasteiger partial charge in [-0.25, -0.2) is 0 Å². The Morgan fingerprint density at radius 3 is 2.93 bits per heavy atom. The number of fused-ring (bicyclic) bond motifs is 3. The summed E-state index contributed by atoms with van der Waals surface area (Å²) in [5, 5.41) is 3.37. The van der Waals surface area contributed by atoms with Gasteiger partial charge in [0.05, 0.1) is 0 Å².